The van der Waals surface area contributed by atoms with Crippen LogP contribution < -0.4 is 4.90 Å². The monoisotopic (exact) mass is 323 g/mol. The predicted octanol–water partition coefficient (Wildman–Crippen LogP) is 2.58. The van der Waals surface area contributed by atoms with Crippen molar-refractivity contribution in [3.05, 3.63) is 39.8 Å². The minimum Gasteiger partial charge on any atom is -0.351 e. The van der Waals surface area contributed by atoms with Crippen LogP contribution in [0.5, 0.6) is 0 Å². The van der Waals surface area contributed by atoms with Gasteiger partial charge in [0.25, 0.3) is 0 Å². The fraction of sp³-hybridized carbons (Fsp3) is 0.182. The lowest BCUT2D eigenvalue weighted by molar-refractivity contribution is 0.866. The first-order chi connectivity index (χ1) is 8.74. The third kappa shape index (κ3) is 2.11. The SMILES string of the molecule is CN(Cc1cscn1)c1nc(Br)cn2ccnc12. The second-order valence-electron chi connectivity index (χ2n) is 3.88. The normalized spacial score (nSPS) is 11.0. The summed E-state index contributed by atoms with van der Waals surface area (Å²) in [6, 6.07) is 0. The van der Waals surface area contributed by atoms with Gasteiger partial charge in [-0.25, -0.2) is 15.0 Å². The molecule has 18 heavy (non-hydrogen) atoms. The number of nitrogens with zero attached hydrogens (tertiary/aromatic N) is 5. The number of halogens is 1. The zero-order valence-electron chi connectivity index (χ0n) is 9.62. The van der Waals surface area contributed by atoms with Crippen LogP contribution in [0.15, 0.2) is 34.1 Å². The van der Waals surface area contributed by atoms with Crippen LogP contribution in [0.2, 0.25) is 0 Å². The zero-order valence-corrected chi connectivity index (χ0v) is 12.0. The minimum absolute atomic E-state index is 0.718. The van der Waals surface area contributed by atoms with Gasteiger partial charge in [0, 0.05) is 31.0 Å². The first-order valence-electron chi connectivity index (χ1n) is 5.31. The summed E-state index contributed by atoms with van der Waals surface area (Å²) >= 11 is 5.01. The quantitative estimate of drug-likeness (QED) is 0.743. The standard InChI is InChI=1S/C11H10BrN5S/c1-16(4-8-6-18-7-14-8)11-10-13-2-3-17(10)5-9(12)15-11/h2-3,5-7H,4H2,1H3. The minimum atomic E-state index is 0.718. The lowest BCUT2D eigenvalue weighted by Crippen LogP contribution is -2.19. The Morgan fingerprint density at radius 1 is 1.44 bits per heavy atom. The van der Waals surface area contributed by atoms with E-state index >= 15 is 0 Å². The summed E-state index contributed by atoms with van der Waals surface area (Å²) in [7, 11) is 1.99. The third-order valence-electron chi connectivity index (χ3n) is 2.57. The van der Waals surface area contributed by atoms with Crippen molar-refractivity contribution in [2.75, 3.05) is 11.9 Å². The summed E-state index contributed by atoms with van der Waals surface area (Å²) in [6.07, 6.45) is 5.56. The smallest absolute Gasteiger partial charge is 0.180 e. The van der Waals surface area contributed by atoms with Crippen molar-refractivity contribution >= 4 is 38.7 Å². The summed E-state index contributed by atoms with van der Waals surface area (Å²) < 4.78 is 2.73. The maximum atomic E-state index is 4.49. The molecular weight excluding hydrogens is 314 g/mol. The molecule has 0 bridgehead atoms. The Balaban J connectivity index is 2.00. The molecule has 3 aromatic heterocycles. The van der Waals surface area contributed by atoms with Crippen molar-refractivity contribution < 1.29 is 0 Å². The fourth-order valence-electron chi connectivity index (χ4n) is 1.77. The number of rotatable bonds is 3. The summed E-state index contributed by atoms with van der Waals surface area (Å²) in [6.45, 7) is 0.718. The van der Waals surface area contributed by atoms with Crippen molar-refractivity contribution in [3.8, 4) is 0 Å². The van der Waals surface area contributed by atoms with Gasteiger partial charge in [-0.3, -0.25) is 0 Å². The van der Waals surface area contributed by atoms with E-state index < -0.39 is 0 Å². The molecule has 0 aliphatic heterocycles. The maximum Gasteiger partial charge on any atom is 0.180 e. The van der Waals surface area contributed by atoms with Gasteiger partial charge in [0.05, 0.1) is 17.7 Å². The molecule has 92 valence electrons. The summed E-state index contributed by atoms with van der Waals surface area (Å²) in [5.74, 6) is 0.836. The molecule has 0 atom stereocenters. The predicted molar refractivity (Wildman–Crippen MR) is 74.9 cm³/mol. The van der Waals surface area contributed by atoms with Gasteiger partial charge < -0.3 is 9.30 Å². The second-order valence-corrected chi connectivity index (χ2v) is 5.41. The van der Waals surface area contributed by atoms with Gasteiger partial charge in [-0.1, -0.05) is 0 Å². The molecule has 3 heterocycles. The van der Waals surface area contributed by atoms with Crippen LogP contribution in [0.4, 0.5) is 5.82 Å². The number of thiazole rings is 1. The summed E-state index contributed by atoms with van der Waals surface area (Å²) in [4.78, 5) is 15.1. The molecule has 0 aliphatic carbocycles. The van der Waals surface area contributed by atoms with Crippen LogP contribution in [-0.4, -0.2) is 26.4 Å². The Hall–Kier alpha value is -1.47. The van der Waals surface area contributed by atoms with Gasteiger partial charge in [0.15, 0.2) is 11.5 Å². The van der Waals surface area contributed by atoms with E-state index in [2.05, 4.69) is 30.9 Å². The molecule has 5 nitrogen and oxygen atoms in total. The highest BCUT2D eigenvalue weighted by molar-refractivity contribution is 9.10. The Morgan fingerprint density at radius 2 is 2.33 bits per heavy atom. The first kappa shape index (κ1) is 11.6. The number of imidazole rings is 1. The van der Waals surface area contributed by atoms with Crippen LogP contribution in [0, 0.1) is 0 Å². The van der Waals surface area contributed by atoms with Crippen LogP contribution in [-0.2, 0) is 6.54 Å². The lowest BCUT2D eigenvalue weighted by Gasteiger charge is -2.17. The molecule has 0 amide bonds. The highest BCUT2D eigenvalue weighted by atomic mass is 79.9. The Kier molecular flexibility index (Phi) is 3.00. The van der Waals surface area contributed by atoms with Gasteiger partial charge in [-0.15, -0.1) is 11.3 Å². The summed E-state index contributed by atoms with van der Waals surface area (Å²) in [5, 5.41) is 2.04. The van der Waals surface area contributed by atoms with Crippen LogP contribution >= 0.6 is 27.3 Å². The van der Waals surface area contributed by atoms with Gasteiger partial charge in [-0.2, -0.15) is 0 Å². The van der Waals surface area contributed by atoms with E-state index in [-0.39, 0.29) is 0 Å². The van der Waals surface area contributed by atoms with Crippen LogP contribution in [0.3, 0.4) is 0 Å². The van der Waals surface area contributed by atoms with Gasteiger partial charge >= 0.3 is 0 Å². The Labute approximate surface area is 116 Å². The first-order valence-corrected chi connectivity index (χ1v) is 7.05. The van der Waals surface area contributed by atoms with E-state index in [1.807, 2.05) is 39.6 Å². The Bertz CT molecular complexity index is 663. The zero-order chi connectivity index (χ0) is 12.5. The average Bonchev–Trinajstić information content (AvgIpc) is 2.97. The molecule has 0 aromatic carbocycles. The molecule has 0 saturated heterocycles. The number of fused-ring (bicyclic) bond motifs is 1. The van der Waals surface area contributed by atoms with E-state index in [1.54, 1.807) is 17.5 Å². The second kappa shape index (κ2) is 4.66. The van der Waals surface area contributed by atoms with E-state index in [4.69, 9.17) is 0 Å². The number of anilines is 1. The molecule has 0 radical (unpaired) electrons. The van der Waals surface area contributed by atoms with Crippen LogP contribution in [0.25, 0.3) is 5.65 Å². The molecule has 0 saturated carbocycles. The molecular formula is C11H10BrN5S. The van der Waals surface area contributed by atoms with Crippen LogP contribution in [0.1, 0.15) is 5.69 Å². The van der Waals surface area contributed by atoms with Gasteiger partial charge in [0.1, 0.15) is 4.60 Å². The molecule has 0 aliphatic rings. The molecule has 0 fully saturated rings. The lowest BCUT2D eigenvalue weighted by atomic mass is 10.4. The van der Waals surface area contributed by atoms with E-state index in [0.717, 1.165) is 28.3 Å². The molecule has 3 aromatic rings. The Morgan fingerprint density at radius 3 is 3.11 bits per heavy atom. The fourth-order valence-corrected chi connectivity index (χ4v) is 2.71. The number of hydrogen-bond donors (Lipinski definition) is 0. The number of aromatic nitrogens is 4. The molecule has 0 spiro atoms. The third-order valence-corrected chi connectivity index (χ3v) is 3.59. The van der Waals surface area contributed by atoms with Crippen molar-refractivity contribution in [2.45, 2.75) is 6.54 Å². The van der Waals surface area contributed by atoms with Crippen molar-refractivity contribution in [1.82, 2.24) is 19.4 Å². The molecule has 0 unspecified atom stereocenters. The average molecular weight is 324 g/mol. The van der Waals surface area contributed by atoms with E-state index in [1.165, 1.54) is 0 Å². The molecule has 7 heteroatoms. The summed E-state index contributed by atoms with van der Waals surface area (Å²) in [5.41, 5.74) is 3.72. The maximum absolute atomic E-state index is 4.49. The highest BCUT2D eigenvalue weighted by Crippen LogP contribution is 2.21. The highest BCUT2D eigenvalue weighted by Gasteiger charge is 2.12. The van der Waals surface area contributed by atoms with E-state index in [9.17, 15) is 0 Å². The van der Waals surface area contributed by atoms with Crippen molar-refractivity contribution in [2.24, 2.45) is 0 Å². The largest absolute Gasteiger partial charge is 0.351 e. The molecule has 0 N–H and O–H groups in total. The topological polar surface area (TPSA) is 46.3 Å². The van der Waals surface area contributed by atoms with Crippen molar-refractivity contribution in [3.63, 3.8) is 0 Å². The van der Waals surface area contributed by atoms with Crippen molar-refractivity contribution in [1.29, 1.82) is 0 Å². The van der Waals surface area contributed by atoms with E-state index in [0.29, 0.717) is 0 Å². The molecule has 3 rings (SSSR count). The number of hydrogen-bond acceptors (Lipinski definition) is 5. The van der Waals surface area contributed by atoms with Gasteiger partial charge in [-0.05, 0) is 15.9 Å². The van der Waals surface area contributed by atoms with Gasteiger partial charge in [0.2, 0.25) is 0 Å².